The normalized spacial score (nSPS) is 11.9. The highest BCUT2D eigenvalue weighted by Crippen LogP contribution is 2.42. The molecule has 262 valence electrons. The van der Waals surface area contributed by atoms with Gasteiger partial charge in [-0.2, -0.15) is 0 Å². The van der Waals surface area contributed by atoms with Crippen LogP contribution in [0.3, 0.4) is 0 Å². The Bertz CT molecular complexity index is 3480. The Hall–Kier alpha value is -7.70. The average Bonchev–Trinajstić information content (AvgIpc) is 4.04. The monoisotopic (exact) mass is 717 g/mol. The first kappa shape index (κ1) is 30.7. The lowest BCUT2D eigenvalue weighted by Gasteiger charge is -2.13. The summed E-state index contributed by atoms with van der Waals surface area (Å²) in [5, 5.41) is 16.5. The van der Waals surface area contributed by atoms with Crippen molar-refractivity contribution in [3.63, 3.8) is 0 Å². The summed E-state index contributed by atoms with van der Waals surface area (Å²) in [7, 11) is 0. The average molecular weight is 718 g/mol. The molecular formula is C50H31N5O. The molecule has 0 bridgehead atoms. The van der Waals surface area contributed by atoms with E-state index in [0.717, 1.165) is 105 Å². The summed E-state index contributed by atoms with van der Waals surface area (Å²) < 4.78 is 13.3. The summed E-state index contributed by atoms with van der Waals surface area (Å²) in [5.74, 6) is 0. The number of hydrogen-bond acceptors (Lipinski definition) is 3. The Morgan fingerprint density at radius 2 is 0.982 bits per heavy atom. The third kappa shape index (κ3) is 4.38. The van der Waals surface area contributed by atoms with E-state index in [2.05, 4.69) is 167 Å². The van der Waals surface area contributed by atoms with Crippen molar-refractivity contribution < 1.29 is 4.42 Å². The molecule has 8 aromatic carbocycles. The van der Waals surface area contributed by atoms with E-state index in [1.807, 2.05) is 35.0 Å². The molecule has 0 aliphatic heterocycles. The van der Waals surface area contributed by atoms with Crippen LogP contribution in [0.2, 0.25) is 0 Å². The highest BCUT2D eigenvalue weighted by atomic mass is 16.3. The zero-order chi connectivity index (χ0) is 36.7. The van der Waals surface area contributed by atoms with E-state index >= 15 is 0 Å². The number of benzene rings is 8. The Labute approximate surface area is 320 Å². The van der Waals surface area contributed by atoms with E-state index < -0.39 is 0 Å². The van der Waals surface area contributed by atoms with Gasteiger partial charge in [0.2, 0.25) is 0 Å². The molecule has 0 N–H and O–H groups in total. The predicted molar refractivity (Wildman–Crippen MR) is 228 cm³/mol. The van der Waals surface area contributed by atoms with Crippen LogP contribution in [0.15, 0.2) is 192 Å². The summed E-state index contributed by atoms with van der Waals surface area (Å²) in [6.07, 6.45) is 0. The molecule has 0 amide bonds. The van der Waals surface area contributed by atoms with Gasteiger partial charge in [0.15, 0.2) is 0 Å². The van der Waals surface area contributed by atoms with Crippen LogP contribution in [0, 0.1) is 0 Å². The molecule has 4 aromatic heterocycles. The van der Waals surface area contributed by atoms with Crippen molar-refractivity contribution in [2.75, 3.05) is 0 Å². The first-order valence-corrected chi connectivity index (χ1v) is 18.9. The zero-order valence-electron chi connectivity index (χ0n) is 30.0. The molecule has 0 atom stereocenters. The molecule has 12 aromatic rings. The van der Waals surface area contributed by atoms with Gasteiger partial charge in [-0.25, -0.2) is 4.68 Å². The van der Waals surface area contributed by atoms with E-state index in [-0.39, 0.29) is 0 Å². The molecule has 6 heteroatoms. The minimum atomic E-state index is 0.844. The lowest BCUT2D eigenvalue weighted by atomic mass is 10.0. The Morgan fingerprint density at radius 1 is 0.411 bits per heavy atom. The van der Waals surface area contributed by atoms with Crippen molar-refractivity contribution in [3.8, 4) is 39.6 Å². The molecule has 0 saturated carbocycles. The number of furan rings is 1. The SMILES string of the molecule is c1ccc(-c2nnn(-c3cccc4c3c3ccccc3n4-c3cccc(-n4c5ccccc5c5c6oc7ccccc7c6ccc54)c3)c2-c2ccccc2)cc1. The topological polar surface area (TPSA) is 53.7 Å². The van der Waals surface area contributed by atoms with E-state index in [1.165, 1.54) is 0 Å². The molecule has 0 spiro atoms. The summed E-state index contributed by atoms with van der Waals surface area (Å²) in [6.45, 7) is 0. The van der Waals surface area contributed by atoms with Gasteiger partial charge >= 0.3 is 0 Å². The summed E-state index contributed by atoms with van der Waals surface area (Å²) >= 11 is 0. The maximum atomic E-state index is 6.58. The molecule has 0 aliphatic rings. The second-order valence-electron chi connectivity index (χ2n) is 14.3. The van der Waals surface area contributed by atoms with Crippen molar-refractivity contribution in [1.82, 2.24) is 24.1 Å². The molecule has 12 rings (SSSR count). The fraction of sp³-hybridized carbons (Fsp3) is 0. The lowest BCUT2D eigenvalue weighted by molar-refractivity contribution is 0.673. The molecule has 0 aliphatic carbocycles. The molecule has 0 radical (unpaired) electrons. The third-order valence-corrected chi connectivity index (χ3v) is 11.2. The van der Waals surface area contributed by atoms with Gasteiger partial charge in [-0.1, -0.05) is 133 Å². The minimum absolute atomic E-state index is 0.844. The standard InChI is InChI=1S/C50H31N5O/c1-3-15-32(16-4-1)48-49(33-17-5-2-6-18-33)55(52-51-48)44-27-14-26-42-46(44)38-22-7-10-24-40(38)53(42)34-19-13-20-35(31-34)54-41-25-11-8-23-39(41)47-43(54)30-29-37-36-21-9-12-28-45(36)56-50(37)47/h1-31H. The fourth-order valence-corrected chi connectivity index (χ4v) is 8.84. The molecule has 0 unspecified atom stereocenters. The second kappa shape index (κ2) is 11.9. The molecule has 0 saturated heterocycles. The van der Waals surface area contributed by atoms with Gasteiger partial charge in [0.1, 0.15) is 22.6 Å². The van der Waals surface area contributed by atoms with Gasteiger partial charge in [-0.15, -0.1) is 5.10 Å². The van der Waals surface area contributed by atoms with Gasteiger partial charge in [0.05, 0.1) is 33.1 Å². The predicted octanol–water partition coefficient (Wildman–Crippen LogP) is 12.7. The third-order valence-electron chi connectivity index (χ3n) is 11.2. The number of rotatable bonds is 5. The summed E-state index contributed by atoms with van der Waals surface area (Å²) in [4.78, 5) is 0. The van der Waals surface area contributed by atoms with E-state index in [4.69, 9.17) is 14.7 Å². The highest BCUT2D eigenvalue weighted by Gasteiger charge is 2.23. The first-order chi connectivity index (χ1) is 27.8. The molecule has 6 nitrogen and oxygen atoms in total. The van der Waals surface area contributed by atoms with Gasteiger partial charge in [-0.05, 0) is 60.7 Å². The van der Waals surface area contributed by atoms with E-state index in [1.54, 1.807) is 0 Å². The number of hydrogen-bond donors (Lipinski definition) is 0. The number of fused-ring (bicyclic) bond motifs is 10. The van der Waals surface area contributed by atoms with Crippen molar-refractivity contribution in [2.45, 2.75) is 0 Å². The van der Waals surface area contributed by atoms with E-state index in [9.17, 15) is 0 Å². The van der Waals surface area contributed by atoms with Crippen LogP contribution < -0.4 is 0 Å². The van der Waals surface area contributed by atoms with Gasteiger partial charge < -0.3 is 13.6 Å². The number of aromatic nitrogens is 5. The Balaban J connectivity index is 1.10. The van der Waals surface area contributed by atoms with Crippen molar-refractivity contribution in [2.24, 2.45) is 0 Å². The quantitative estimate of drug-likeness (QED) is 0.178. The maximum Gasteiger partial charge on any atom is 0.145 e. The van der Waals surface area contributed by atoms with Crippen LogP contribution in [0.5, 0.6) is 0 Å². The molecule has 4 heterocycles. The molecule has 56 heavy (non-hydrogen) atoms. The van der Waals surface area contributed by atoms with Crippen molar-refractivity contribution in [3.05, 3.63) is 188 Å². The fourth-order valence-electron chi connectivity index (χ4n) is 8.84. The maximum absolute atomic E-state index is 6.58. The van der Waals surface area contributed by atoms with Gasteiger partial charge in [-0.3, -0.25) is 0 Å². The number of nitrogens with zero attached hydrogens (tertiary/aromatic N) is 5. The van der Waals surface area contributed by atoms with Crippen LogP contribution in [-0.4, -0.2) is 24.1 Å². The van der Waals surface area contributed by atoms with Crippen LogP contribution in [-0.2, 0) is 0 Å². The first-order valence-electron chi connectivity index (χ1n) is 18.9. The lowest BCUT2D eigenvalue weighted by Crippen LogP contribution is -2.01. The van der Waals surface area contributed by atoms with Crippen LogP contribution in [0.4, 0.5) is 0 Å². The Kier molecular flexibility index (Phi) is 6.53. The second-order valence-corrected chi connectivity index (χ2v) is 14.3. The molecular weight excluding hydrogens is 687 g/mol. The van der Waals surface area contributed by atoms with Crippen LogP contribution in [0.25, 0.3) is 105 Å². The van der Waals surface area contributed by atoms with Gasteiger partial charge in [0, 0.05) is 49.4 Å². The van der Waals surface area contributed by atoms with Crippen LogP contribution in [0.1, 0.15) is 0 Å². The minimum Gasteiger partial charge on any atom is -0.455 e. The van der Waals surface area contributed by atoms with Crippen molar-refractivity contribution in [1.29, 1.82) is 0 Å². The largest absolute Gasteiger partial charge is 0.455 e. The smallest absolute Gasteiger partial charge is 0.145 e. The summed E-state index contributed by atoms with van der Waals surface area (Å²) in [5.41, 5.74) is 13.2. The van der Waals surface area contributed by atoms with Crippen molar-refractivity contribution >= 4 is 65.6 Å². The summed E-state index contributed by atoms with van der Waals surface area (Å²) in [6, 6.07) is 66.1. The molecule has 0 fully saturated rings. The van der Waals surface area contributed by atoms with E-state index in [0.29, 0.717) is 0 Å². The number of para-hydroxylation sites is 3. The Morgan fingerprint density at radius 3 is 1.71 bits per heavy atom. The van der Waals surface area contributed by atoms with Crippen LogP contribution >= 0.6 is 0 Å². The van der Waals surface area contributed by atoms with Gasteiger partial charge in [0.25, 0.3) is 0 Å². The highest BCUT2D eigenvalue weighted by molar-refractivity contribution is 6.24. The zero-order valence-corrected chi connectivity index (χ0v) is 30.0.